The lowest BCUT2D eigenvalue weighted by molar-refractivity contribution is 0.187. The standard InChI is InChI=1S/C16H22O3/c1-3-4-11-8-14(18)16(15(19)9-11)12-5-6-13(17)10(2)7-12/h7-9,12-13,17-19H,3-6H2,1-2H3/t12-,13?/m0/s1. The molecular weight excluding hydrogens is 240 g/mol. The van der Waals surface area contributed by atoms with E-state index in [9.17, 15) is 15.3 Å². The molecule has 1 aliphatic carbocycles. The van der Waals surface area contributed by atoms with Crippen LogP contribution in [0.15, 0.2) is 23.8 Å². The predicted octanol–water partition coefficient (Wildman–Crippen LogP) is 3.23. The molecular formula is C16H22O3. The number of allylic oxidation sites excluding steroid dienone is 1. The Morgan fingerprint density at radius 2 is 1.79 bits per heavy atom. The number of aliphatic hydroxyl groups is 1. The second-order valence-electron chi connectivity index (χ2n) is 5.41. The van der Waals surface area contributed by atoms with E-state index in [-0.39, 0.29) is 23.5 Å². The summed E-state index contributed by atoms with van der Waals surface area (Å²) in [6.45, 7) is 3.95. The number of aliphatic hydroxyl groups excluding tert-OH is 1. The van der Waals surface area contributed by atoms with Crippen molar-refractivity contribution in [2.45, 2.75) is 51.6 Å². The summed E-state index contributed by atoms with van der Waals surface area (Å²) < 4.78 is 0. The molecule has 2 rings (SSSR count). The average Bonchev–Trinajstić information content (AvgIpc) is 2.33. The summed E-state index contributed by atoms with van der Waals surface area (Å²) >= 11 is 0. The van der Waals surface area contributed by atoms with Gasteiger partial charge in [-0.15, -0.1) is 0 Å². The van der Waals surface area contributed by atoms with E-state index in [4.69, 9.17) is 0 Å². The first-order valence-corrected chi connectivity index (χ1v) is 6.94. The third-order valence-corrected chi connectivity index (χ3v) is 3.85. The van der Waals surface area contributed by atoms with E-state index >= 15 is 0 Å². The third kappa shape index (κ3) is 2.92. The van der Waals surface area contributed by atoms with Crippen LogP contribution >= 0.6 is 0 Å². The molecule has 1 unspecified atom stereocenters. The molecule has 3 N–H and O–H groups in total. The number of rotatable bonds is 3. The minimum absolute atomic E-state index is 0.0147. The zero-order valence-corrected chi connectivity index (χ0v) is 11.6. The first-order chi connectivity index (χ1) is 9.02. The van der Waals surface area contributed by atoms with Crippen LogP contribution in [0.1, 0.15) is 50.2 Å². The average molecular weight is 262 g/mol. The Morgan fingerprint density at radius 1 is 1.16 bits per heavy atom. The van der Waals surface area contributed by atoms with Gasteiger partial charge in [0.2, 0.25) is 0 Å². The van der Waals surface area contributed by atoms with E-state index in [2.05, 4.69) is 6.92 Å². The summed E-state index contributed by atoms with van der Waals surface area (Å²) in [7, 11) is 0. The van der Waals surface area contributed by atoms with Gasteiger partial charge in [0.25, 0.3) is 0 Å². The fourth-order valence-corrected chi connectivity index (χ4v) is 2.80. The number of benzene rings is 1. The third-order valence-electron chi connectivity index (χ3n) is 3.85. The van der Waals surface area contributed by atoms with Gasteiger partial charge in [-0.2, -0.15) is 0 Å². The Morgan fingerprint density at radius 3 is 2.32 bits per heavy atom. The van der Waals surface area contributed by atoms with E-state index in [1.54, 1.807) is 12.1 Å². The van der Waals surface area contributed by atoms with Gasteiger partial charge >= 0.3 is 0 Å². The molecule has 0 aliphatic heterocycles. The number of phenolic OH excluding ortho intramolecular Hbond substituents is 2. The normalized spacial score (nSPS) is 23.2. The van der Waals surface area contributed by atoms with Crippen molar-refractivity contribution in [3.05, 3.63) is 34.9 Å². The molecule has 1 aromatic carbocycles. The molecule has 0 bridgehead atoms. The van der Waals surface area contributed by atoms with Crippen molar-refractivity contribution in [3.63, 3.8) is 0 Å². The van der Waals surface area contributed by atoms with Crippen molar-refractivity contribution in [1.29, 1.82) is 0 Å². The van der Waals surface area contributed by atoms with Gasteiger partial charge in [-0.25, -0.2) is 0 Å². The summed E-state index contributed by atoms with van der Waals surface area (Å²) in [5.41, 5.74) is 2.46. The Kier molecular flexibility index (Phi) is 4.15. The number of hydrogen-bond donors (Lipinski definition) is 3. The zero-order valence-electron chi connectivity index (χ0n) is 11.6. The van der Waals surface area contributed by atoms with Crippen LogP contribution in [0, 0.1) is 0 Å². The molecule has 1 aliphatic rings. The maximum absolute atomic E-state index is 10.2. The van der Waals surface area contributed by atoms with Crippen LogP contribution in [0.2, 0.25) is 0 Å². The van der Waals surface area contributed by atoms with Gasteiger partial charge in [0.1, 0.15) is 11.5 Å². The maximum Gasteiger partial charge on any atom is 0.123 e. The summed E-state index contributed by atoms with van der Waals surface area (Å²) in [6, 6.07) is 3.49. The minimum Gasteiger partial charge on any atom is -0.507 e. The number of aryl methyl sites for hydroxylation is 1. The van der Waals surface area contributed by atoms with Gasteiger partial charge in [-0.3, -0.25) is 0 Å². The molecule has 3 heteroatoms. The highest BCUT2D eigenvalue weighted by molar-refractivity contribution is 5.50. The van der Waals surface area contributed by atoms with Crippen LogP contribution < -0.4 is 0 Å². The first kappa shape index (κ1) is 13.9. The largest absolute Gasteiger partial charge is 0.507 e. The van der Waals surface area contributed by atoms with Gasteiger partial charge in [-0.1, -0.05) is 19.4 Å². The fourth-order valence-electron chi connectivity index (χ4n) is 2.80. The van der Waals surface area contributed by atoms with Gasteiger partial charge < -0.3 is 15.3 Å². The molecule has 0 amide bonds. The van der Waals surface area contributed by atoms with E-state index in [0.717, 1.165) is 30.4 Å². The topological polar surface area (TPSA) is 60.7 Å². The van der Waals surface area contributed by atoms with E-state index < -0.39 is 0 Å². The van der Waals surface area contributed by atoms with E-state index in [1.807, 2.05) is 13.0 Å². The Labute approximate surface area is 114 Å². The molecule has 0 spiro atoms. The van der Waals surface area contributed by atoms with E-state index in [1.165, 1.54) is 0 Å². The van der Waals surface area contributed by atoms with Crippen LogP contribution in [0.4, 0.5) is 0 Å². The number of phenols is 2. The SMILES string of the molecule is CCCc1cc(O)c([C@@H]2C=C(C)C(O)CC2)c(O)c1. The van der Waals surface area contributed by atoms with Crippen LogP contribution in [0.5, 0.6) is 11.5 Å². The first-order valence-electron chi connectivity index (χ1n) is 6.94. The molecule has 104 valence electrons. The zero-order chi connectivity index (χ0) is 14.0. The second-order valence-corrected chi connectivity index (χ2v) is 5.41. The van der Waals surface area contributed by atoms with Gasteiger partial charge in [0.05, 0.1) is 6.10 Å². The highest BCUT2D eigenvalue weighted by Crippen LogP contribution is 2.41. The molecule has 1 aromatic rings. The summed E-state index contributed by atoms with van der Waals surface area (Å²) in [5, 5.41) is 30.0. The molecule has 0 radical (unpaired) electrons. The number of hydrogen-bond acceptors (Lipinski definition) is 3. The molecule has 2 atom stereocenters. The molecule has 0 aromatic heterocycles. The monoisotopic (exact) mass is 262 g/mol. The lowest BCUT2D eigenvalue weighted by Gasteiger charge is -2.25. The summed E-state index contributed by atoms with van der Waals surface area (Å²) in [5.74, 6) is 0.307. The highest BCUT2D eigenvalue weighted by atomic mass is 16.3. The van der Waals surface area contributed by atoms with Gasteiger partial charge in [-0.05, 0) is 49.5 Å². The van der Waals surface area contributed by atoms with Crippen molar-refractivity contribution >= 4 is 0 Å². The smallest absolute Gasteiger partial charge is 0.123 e. The molecule has 19 heavy (non-hydrogen) atoms. The lowest BCUT2D eigenvalue weighted by atomic mass is 9.83. The lowest BCUT2D eigenvalue weighted by Crippen LogP contribution is -2.16. The van der Waals surface area contributed by atoms with E-state index in [0.29, 0.717) is 12.0 Å². The molecule has 0 heterocycles. The Hall–Kier alpha value is -1.48. The molecule has 0 fully saturated rings. The fraction of sp³-hybridized carbons (Fsp3) is 0.500. The van der Waals surface area contributed by atoms with Crippen LogP contribution in [0.25, 0.3) is 0 Å². The van der Waals surface area contributed by atoms with Crippen molar-refractivity contribution in [1.82, 2.24) is 0 Å². The second kappa shape index (κ2) is 5.66. The van der Waals surface area contributed by atoms with Crippen molar-refractivity contribution in [2.75, 3.05) is 0 Å². The van der Waals surface area contributed by atoms with Crippen molar-refractivity contribution < 1.29 is 15.3 Å². The summed E-state index contributed by atoms with van der Waals surface area (Å²) in [4.78, 5) is 0. The van der Waals surface area contributed by atoms with Crippen molar-refractivity contribution in [3.8, 4) is 11.5 Å². The van der Waals surface area contributed by atoms with Crippen LogP contribution in [-0.2, 0) is 6.42 Å². The molecule has 0 saturated carbocycles. The van der Waals surface area contributed by atoms with Crippen LogP contribution in [0.3, 0.4) is 0 Å². The Bertz CT molecular complexity index is 468. The minimum atomic E-state index is -0.389. The highest BCUT2D eigenvalue weighted by Gasteiger charge is 2.24. The molecule has 0 saturated heterocycles. The van der Waals surface area contributed by atoms with Crippen LogP contribution in [-0.4, -0.2) is 21.4 Å². The van der Waals surface area contributed by atoms with Gasteiger partial charge in [0, 0.05) is 11.5 Å². The Balaban J connectivity index is 2.35. The maximum atomic E-state index is 10.2. The van der Waals surface area contributed by atoms with Crippen molar-refractivity contribution in [2.24, 2.45) is 0 Å². The molecule has 3 nitrogen and oxygen atoms in total. The van der Waals surface area contributed by atoms with Gasteiger partial charge in [0.15, 0.2) is 0 Å². The predicted molar refractivity (Wildman–Crippen MR) is 75.5 cm³/mol. The quantitative estimate of drug-likeness (QED) is 0.733. The summed E-state index contributed by atoms with van der Waals surface area (Å²) in [6.07, 6.45) is 4.80. The number of aromatic hydroxyl groups is 2.